The summed E-state index contributed by atoms with van der Waals surface area (Å²) in [7, 11) is 0. The second kappa shape index (κ2) is 4.91. The minimum Gasteiger partial charge on any atom is -0.306 e. The van der Waals surface area contributed by atoms with Crippen molar-refractivity contribution >= 4 is 17.9 Å². The molecule has 2 nitrogen and oxygen atoms in total. The highest BCUT2D eigenvalue weighted by Crippen LogP contribution is 2.09. The minimum absolute atomic E-state index is 0.381. The average Bonchev–Trinajstić information content (AvgIpc) is 2.05. The molecular formula is C9H10ClNO. The van der Waals surface area contributed by atoms with E-state index in [1.165, 1.54) is 0 Å². The number of hydrogen-bond acceptors (Lipinski definition) is 2. The topological polar surface area (TPSA) is 29.1 Å². The number of benzene rings is 1. The molecular weight excluding hydrogens is 174 g/mol. The molecule has 0 saturated heterocycles. The van der Waals surface area contributed by atoms with Gasteiger partial charge in [0.05, 0.1) is 6.54 Å². The lowest BCUT2D eigenvalue weighted by Crippen LogP contribution is -2.15. The number of rotatable bonds is 4. The van der Waals surface area contributed by atoms with Gasteiger partial charge in [-0.15, -0.1) is 0 Å². The molecule has 0 aliphatic rings. The Bertz CT molecular complexity index is 262. The van der Waals surface area contributed by atoms with Crippen molar-refractivity contribution in [1.82, 2.24) is 5.32 Å². The predicted molar refractivity (Wildman–Crippen MR) is 49.2 cm³/mol. The normalized spacial score (nSPS) is 9.75. The highest BCUT2D eigenvalue weighted by molar-refractivity contribution is 6.30. The maximum atomic E-state index is 9.97. The molecule has 1 aromatic rings. The molecule has 0 fully saturated rings. The number of aldehydes is 1. The third-order valence-electron chi connectivity index (χ3n) is 1.45. The second-order valence-electron chi connectivity index (χ2n) is 2.43. The molecule has 12 heavy (non-hydrogen) atoms. The Morgan fingerprint density at radius 3 is 3.00 bits per heavy atom. The van der Waals surface area contributed by atoms with E-state index in [1.807, 2.05) is 24.3 Å². The van der Waals surface area contributed by atoms with Crippen LogP contribution in [0.1, 0.15) is 5.56 Å². The number of carbonyl (C=O) groups excluding carboxylic acids is 1. The zero-order valence-electron chi connectivity index (χ0n) is 6.59. The van der Waals surface area contributed by atoms with Gasteiger partial charge in [0, 0.05) is 11.6 Å². The third-order valence-corrected chi connectivity index (χ3v) is 1.68. The molecule has 0 aliphatic carbocycles. The lowest BCUT2D eigenvalue weighted by molar-refractivity contribution is -0.107. The largest absolute Gasteiger partial charge is 0.306 e. The fraction of sp³-hybridized carbons (Fsp3) is 0.222. The van der Waals surface area contributed by atoms with Crippen LogP contribution in [-0.4, -0.2) is 12.8 Å². The first-order valence-corrected chi connectivity index (χ1v) is 4.09. The maximum Gasteiger partial charge on any atom is 0.133 e. The van der Waals surface area contributed by atoms with Gasteiger partial charge >= 0.3 is 0 Å². The summed E-state index contributed by atoms with van der Waals surface area (Å²) in [6.07, 6.45) is 0.838. The van der Waals surface area contributed by atoms with Gasteiger partial charge in [-0.05, 0) is 17.7 Å². The zero-order valence-corrected chi connectivity index (χ0v) is 7.34. The molecule has 0 radical (unpaired) electrons. The van der Waals surface area contributed by atoms with E-state index in [-0.39, 0.29) is 0 Å². The van der Waals surface area contributed by atoms with E-state index in [1.54, 1.807) is 0 Å². The summed E-state index contributed by atoms with van der Waals surface area (Å²) in [5.41, 5.74) is 1.09. The number of nitrogens with one attached hydrogen (secondary N) is 1. The van der Waals surface area contributed by atoms with Crippen molar-refractivity contribution in [2.75, 3.05) is 6.54 Å². The molecule has 0 aliphatic heterocycles. The minimum atomic E-state index is 0.381. The fourth-order valence-corrected chi connectivity index (χ4v) is 1.14. The van der Waals surface area contributed by atoms with Crippen molar-refractivity contribution in [3.8, 4) is 0 Å². The fourth-order valence-electron chi connectivity index (χ4n) is 0.922. The molecule has 0 saturated carbocycles. The Hall–Kier alpha value is -0.860. The molecule has 0 bridgehead atoms. The molecule has 1 rings (SSSR count). The summed E-state index contributed by atoms with van der Waals surface area (Å²) in [6.45, 7) is 1.06. The molecule has 1 N–H and O–H groups in total. The van der Waals surface area contributed by atoms with Gasteiger partial charge in [-0.3, -0.25) is 0 Å². The van der Waals surface area contributed by atoms with Gasteiger partial charge in [0.25, 0.3) is 0 Å². The van der Waals surface area contributed by atoms with Crippen LogP contribution in [0.15, 0.2) is 24.3 Å². The first-order chi connectivity index (χ1) is 5.83. The molecule has 64 valence electrons. The SMILES string of the molecule is O=CCNCc1cccc(Cl)c1. The Kier molecular flexibility index (Phi) is 3.77. The van der Waals surface area contributed by atoms with E-state index in [4.69, 9.17) is 11.6 Å². The van der Waals surface area contributed by atoms with Crippen molar-refractivity contribution in [1.29, 1.82) is 0 Å². The molecule has 1 aromatic carbocycles. The first-order valence-electron chi connectivity index (χ1n) is 3.71. The van der Waals surface area contributed by atoms with Gasteiger partial charge in [0.2, 0.25) is 0 Å². The molecule has 3 heteroatoms. The van der Waals surface area contributed by atoms with Crippen LogP contribution >= 0.6 is 11.6 Å². The maximum absolute atomic E-state index is 9.97. The summed E-state index contributed by atoms with van der Waals surface area (Å²) >= 11 is 5.76. The van der Waals surface area contributed by atoms with Crippen LogP contribution in [-0.2, 0) is 11.3 Å². The van der Waals surface area contributed by atoms with Crippen LogP contribution in [0.3, 0.4) is 0 Å². The quantitative estimate of drug-likeness (QED) is 0.568. The van der Waals surface area contributed by atoms with E-state index in [9.17, 15) is 4.79 Å². The van der Waals surface area contributed by atoms with E-state index < -0.39 is 0 Å². The lowest BCUT2D eigenvalue weighted by atomic mass is 10.2. The van der Waals surface area contributed by atoms with Crippen molar-refractivity contribution in [2.24, 2.45) is 0 Å². The van der Waals surface area contributed by atoms with Gasteiger partial charge in [-0.2, -0.15) is 0 Å². The summed E-state index contributed by atoms with van der Waals surface area (Å²) in [6, 6.07) is 7.55. The van der Waals surface area contributed by atoms with Crippen LogP contribution in [0.5, 0.6) is 0 Å². The molecule has 0 amide bonds. The third kappa shape index (κ3) is 3.03. The van der Waals surface area contributed by atoms with Gasteiger partial charge in [-0.25, -0.2) is 0 Å². The highest BCUT2D eigenvalue weighted by atomic mass is 35.5. The van der Waals surface area contributed by atoms with E-state index in [2.05, 4.69) is 5.32 Å². The zero-order chi connectivity index (χ0) is 8.81. The van der Waals surface area contributed by atoms with Gasteiger partial charge in [0.1, 0.15) is 6.29 Å². The highest BCUT2D eigenvalue weighted by Gasteiger charge is 1.92. The summed E-state index contributed by atoms with van der Waals surface area (Å²) < 4.78 is 0. The Balaban J connectivity index is 2.46. The number of carbonyl (C=O) groups is 1. The summed E-state index contributed by atoms with van der Waals surface area (Å²) in [4.78, 5) is 9.97. The molecule has 0 atom stereocenters. The van der Waals surface area contributed by atoms with Gasteiger partial charge < -0.3 is 10.1 Å². The number of halogens is 1. The van der Waals surface area contributed by atoms with Gasteiger partial charge in [-0.1, -0.05) is 23.7 Å². The smallest absolute Gasteiger partial charge is 0.133 e. The van der Waals surface area contributed by atoms with Crippen molar-refractivity contribution in [3.05, 3.63) is 34.9 Å². The lowest BCUT2D eigenvalue weighted by Gasteiger charge is -2.00. The van der Waals surface area contributed by atoms with Crippen LogP contribution in [0.2, 0.25) is 5.02 Å². The Morgan fingerprint density at radius 1 is 1.50 bits per heavy atom. The van der Waals surface area contributed by atoms with Crippen LogP contribution < -0.4 is 5.32 Å². The van der Waals surface area contributed by atoms with E-state index in [0.717, 1.165) is 16.9 Å². The van der Waals surface area contributed by atoms with Crippen LogP contribution in [0.25, 0.3) is 0 Å². The van der Waals surface area contributed by atoms with Crippen LogP contribution in [0.4, 0.5) is 0 Å². The Morgan fingerprint density at radius 2 is 2.33 bits per heavy atom. The van der Waals surface area contributed by atoms with Crippen molar-refractivity contribution < 1.29 is 4.79 Å². The second-order valence-corrected chi connectivity index (χ2v) is 2.86. The predicted octanol–water partition coefficient (Wildman–Crippen LogP) is 1.63. The van der Waals surface area contributed by atoms with E-state index in [0.29, 0.717) is 13.1 Å². The van der Waals surface area contributed by atoms with Crippen LogP contribution in [0, 0.1) is 0 Å². The van der Waals surface area contributed by atoms with Gasteiger partial charge in [0.15, 0.2) is 0 Å². The van der Waals surface area contributed by atoms with E-state index >= 15 is 0 Å². The summed E-state index contributed by atoms with van der Waals surface area (Å²) in [5.74, 6) is 0. The monoisotopic (exact) mass is 183 g/mol. The molecule has 0 heterocycles. The van der Waals surface area contributed by atoms with Crippen molar-refractivity contribution in [2.45, 2.75) is 6.54 Å². The Labute approximate surface area is 76.5 Å². The molecule has 0 aromatic heterocycles. The molecule has 0 spiro atoms. The van der Waals surface area contributed by atoms with Crippen molar-refractivity contribution in [3.63, 3.8) is 0 Å². The molecule has 0 unspecified atom stereocenters. The standard InChI is InChI=1S/C9H10ClNO/c10-9-3-1-2-8(6-9)7-11-4-5-12/h1-3,5-6,11H,4,7H2. The average molecular weight is 184 g/mol. The number of hydrogen-bond donors (Lipinski definition) is 1. The summed E-state index contributed by atoms with van der Waals surface area (Å²) in [5, 5.41) is 3.67. The first kappa shape index (κ1) is 9.23.